The molecule has 0 bridgehead atoms. The standard InChI is InChI=1S/C21H18ClF3N4O4S/c22-11-1-9(6-26)2-12(5-11)34-21-20(32)18(19(31)16(8-30)33-21)28-7-15(29-27)10-3-13(23)17(25)14(24)4-10/h1-5,7,16,18-21,27-28,30-32H,8H2/b15-7-,29-27?/t16?,18?,19-,20?,21-/m0/s1. The van der Waals surface area contributed by atoms with E-state index in [-0.39, 0.29) is 21.8 Å². The van der Waals surface area contributed by atoms with Crippen LogP contribution in [0.1, 0.15) is 11.1 Å². The summed E-state index contributed by atoms with van der Waals surface area (Å²) < 4.78 is 46.0. The van der Waals surface area contributed by atoms with Gasteiger partial charge in [-0.05, 0) is 30.3 Å². The van der Waals surface area contributed by atoms with Gasteiger partial charge in [0.15, 0.2) is 17.5 Å². The van der Waals surface area contributed by atoms with E-state index >= 15 is 0 Å². The molecule has 3 unspecified atom stereocenters. The number of hydrogen-bond donors (Lipinski definition) is 5. The molecule has 1 saturated heterocycles. The maximum atomic E-state index is 13.6. The lowest BCUT2D eigenvalue weighted by Crippen LogP contribution is -2.61. The first-order valence-electron chi connectivity index (χ1n) is 9.66. The minimum Gasteiger partial charge on any atom is -0.394 e. The highest BCUT2D eigenvalue weighted by atomic mass is 35.5. The zero-order valence-electron chi connectivity index (χ0n) is 17.1. The van der Waals surface area contributed by atoms with E-state index in [1.807, 2.05) is 6.07 Å². The summed E-state index contributed by atoms with van der Waals surface area (Å²) in [6, 6.07) is 6.57. The van der Waals surface area contributed by atoms with E-state index in [2.05, 4.69) is 10.4 Å². The van der Waals surface area contributed by atoms with E-state index in [0.717, 1.165) is 18.0 Å². The Labute approximate surface area is 201 Å². The Morgan fingerprint density at radius 3 is 2.47 bits per heavy atom. The molecule has 2 aromatic carbocycles. The molecule has 0 saturated carbocycles. The fourth-order valence-corrected chi connectivity index (χ4v) is 4.73. The molecule has 5 N–H and O–H groups in total. The van der Waals surface area contributed by atoms with Gasteiger partial charge in [-0.15, -0.1) is 0 Å². The largest absolute Gasteiger partial charge is 0.394 e. The molecule has 3 rings (SSSR count). The number of nitrogens with zero attached hydrogens (tertiary/aromatic N) is 2. The van der Waals surface area contributed by atoms with Crippen molar-refractivity contribution in [2.75, 3.05) is 6.61 Å². The minimum absolute atomic E-state index is 0.262. The van der Waals surface area contributed by atoms with Crippen LogP contribution in [0.4, 0.5) is 13.2 Å². The van der Waals surface area contributed by atoms with Gasteiger partial charge in [0.05, 0.1) is 24.3 Å². The van der Waals surface area contributed by atoms with Crippen LogP contribution in [0.15, 0.2) is 46.5 Å². The van der Waals surface area contributed by atoms with E-state index in [0.29, 0.717) is 17.0 Å². The van der Waals surface area contributed by atoms with Crippen molar-refractivity contribution in [3.63, 3.8) is 0 Å². The van der Waals surface area contributed by atoms with Gasteiger partial charge in [0.25, 0.3) is 0 Å². The van der Waals surface area contributed by atoms with Crippen LogP contribution >= 0.6 is 23.4 Å². The smallest absolute Gasteiger partial charge is 0.194 e. The van der Waals surface area contributed by atoms with Crippen LogP contribution < -0.4 is 5.32 Å². The second-order valence-corrected chi connectivity index (χ2v) is 8.81. The third-order valence-corrected chi connectivity index (χ3v) is 6.30. The highest BCUT2D eigenvalue weighted by Crippen LogP contribution is 2.35. The third kappa shape index (κ3) is 5.69. The van der Waals surface area contributed by atoms with Crippen LogP contribution in [0.2, 0.25) is 5.02 Å². The minimum atomic E-state index is -1.68. The SMILES string of the molecule is N#Cc1cc(Cl)cc(S[C@@H]2OC(CO)[C@H](O)C(N/C=C(\N=N)c3cc(F)c(F)c(F)c3)C2O)c1. The summed E-state index contributed by atoms with van der Waals surface area (Å²) in [5.74, 6) is -4.64. The first kappa shape index (κ1) is 26.0. The summed E-state index contributed by atoms with van der Waals surface area (Å²) in [4.78, 5) is 0.481. The molecule has 1 aliphatic rings. The summed E-state index contributed by atoms with van der Waals surface area (Å²) >= 11 is 7.00. The van der Waals surface area contributed by atoms with Gasteiger partial charge in [-0.2, -0.15) is 10.4 Å². The number of aliphatic hydroxyl groups is 3. The monoisotopic (exact) mass is 514 g/mol. The number of benzene rings is 2. The van der Waals surface area contributed by atoms with Gasteiger partial charge >= 0.3 is 0 Å². The van der Waals surface area contributed by atoms with Crippen molar-refractivity contribution >= 4 is 29.1 Å². The van der Waals surface area contributed by atoms with E-state index in [1.165, 1.54) is 12.1 Å². The fourth-order valence-electron chi connectivity index (χ4n) is 3.27. The predicted molar refractivity (Wildman–Crippen MR) is 116 cm³/mol. The summed E-state index contributed by atoms with van der Waals surface area (Å²) in [6.07, 6.45) is -2.95. The molecule has 13 heteroatoms. The van der Waals surface area contributed by atoms with Crippen LogP contribution in [0.25, 0.3) is 5.70 Å². The van der Waals surface area contributed by atoms with Crippen LogP contribution in [0.5, 0.6) is 0 Å². The number of aliphatic hydroxyl groups excluding tert-OH is 3. The molecule has 8 nitrogen and oxygen atoms in total. The number of ether oxygens (including phenoxy) is 1. The Morgan fingerprint density at radius 1 is 1.21 bits per heavy atom. The Balaban J connectivity index is 1.86. The molecule has 5 atom stereocenters. The number of thioether (sulfide) groups is 1. The number of rotatable bonds is 7. The van der Waals surface area contributed by atoms with Crippen molar-refractivity contribution in [1.29, 1.82) is 10.8 Å². The lowest BCUT2D eigenvalue weighted by molar-refractivity contribution is -0.164. The average molecular weight is 515 g/mol. The molecule has 0 aliphatic carbocycles. The number of halogens is 4. The molecule has 180 valence electrons. The number of nitrogens with one attached hydrogen (secondary N) is 2. The number of nitriles is 1. The lowest BCUT2D eigenvalue weighted by Gasteiger charge is -2.42. The lowest BCUT2D eigenvalue weighted by atomic mass is 9.97. The summed E-state index contributed by atoms with van der Waals surface area (Å²) in [6.45, 7) is -0.601. The van der Waals surface area contributed by atoms with Crippen molar-refractivity contribution in [3.05, 3.63) is 70.1 Å². The van der Waals surface area contributed by atoms with Crippen LogP contribution in [-0.4, -0.2) is 51.7 Å². The Kier molecular flexibility index (Phi) is 8.53. The molecule has 0 radical (unpaired) electrons. The molecule has 0 spiro atoms. The zero-order chi connectivity index (χ0) is 25.0. The first-order chi connectivity index (χ1) is 16.2. The van der Waals surface area contributed by atoms with Crippen LogP contribution in [-0.2, 0) is 4.74 Å². The van der Waals surface area contributed by atoms with E-state index < -0.39 is 53.8 Å². The Bertz CT molecular complexity index is 1130. The molecule has 1 heterocycles. The van der Waals surface area contributed by atoms with E-state index in [9.17, 15) is 28.5 Å². The van der Waals surface area contributed by atoms with Gasteiger partial charge in [-0.3, -0.25) is 0 Å². The number of hydrogen-bond acceptors (Lipinski definition) is 9. The second kappa shape index (κ2) is 11.2. The van der Waals surface area contributed by atoms with E-state index in [1.54, 1.807) is 6.07 Å². The van der Waals surface area contributed by atoms with Crippen molar-refractivity contribution < 1.29 is 33.2 Å². The van der Waals surface area contributed by atoms with Crippen LogP contribution in [0, 0.1) is 34.3 Å². The molecule has 0 amide bonds. The van der Waals surface area contributed by atoms with Gasteiger partial charge in [0, 0.05) is 21.7 Å². The van der Waals surface area contributed by atoms with Gasteiger partial charge in [-0.25, -0.2) is 18.7 Å². The highest BCUT2D eigenvalue weighted by molar-refractivity contribution is 7.99. The van der Waals surface area contributed by atoms with Crippen LogP contribution in [0.3, 0.4) is 0 Å². The van der Waals surface area contributed by atoms with Crippen molar-refractivity contribution in [2.45, 2.75) is 34.7 Å². The molecule has 0 aromatic heterocycles. The van der Waals surface area contributed by atoms with Gasteiger partial charge in [0.2, 0.25) is 0 Å². The second-order valence-electron chi connectivity index (χ2n) is 7.20. The summed E-state index contributed by atoms with van der Waals surface area (Å²) in [5.41, 5.74) is 5.94. The molecular weight excluding hydrogens is 497 g/mol. The normalized spacial score (nSPS) is 25.0. The van der Waals surface area contributed by atoms with Crippen molar-refractivity contribution in [1.82, 2.24) is 5.32 Å². The van der Waals surface area contributed by atoms with Gasteiger partial charge in [0.1, 0.15) is 29.4 Å². The van der Waals surface area contributed by atoms with Gasteiger partial charge < -0.3 is 25.4 Å². The van der Waals surface area contributed by atoms with Crippen molar-refractivity contribution in [2.24, 2.45) is 5.11 Å². The fraction of sp³-hybridized carbons (Fsp3) is 0.286. The Morgan fingerprint density at radius 2 is 1.88 bits per heavy atom. The van der Waals surface area contributed by atoms with Gasteiger partial charge in [-0.1, -0.05) is 23.4 Å². The summed E-state index contributed by atoms with van der Waals surface area (Å²) in [5, 5.41) is 46.2. The first-order valence-corrected chi connectivity index (χ1v) is 10.9. The zero-order valence-corrected chi connectivity index (χ0v) is 18.7. The molecular formula is C21H18ClF3N4O4S. The summed E-state index contributed by atoms with van der Waals surface area (Å²) in [7, 11) is 0. The molecule has 34 heavy (non-hydrogen) atoms. The quantitative estimate of drug-likeness (QED) is 0.282. The molecule has 2 aromatic rings. The predicted octanol–water partition coefficient (Wildman–Crippen LogP) is 3.15. The highest BCUT2D eigenvalue weighted by Gasteiger charge is 2.44. The van der Waals surface area contributed by atoms with E-state index in [4.69, 9.17) is 27.1 Å². The van der Waals surface area contributed by atoms with Crippen molar-refractivity contribution in [3.8, 4) is 6.07 Å². The topological polar surface area (TPSA) is 142 Å². The third-order valence-electron chi connectivity index (χ3n) is 4.95. The average Bonchev–Trinajstić information content (AvgIpc) is 2.80. The Hall–Kier alpha value is -2.66. The maximum Gasteiger partial charge on any atom is 0.194 e. The maximum absolute atomic E-state index is 13.6. The molecule has 1 fully saturated rings. The molecule has 1 aliphatic heterocycles.